The van der Waals surface area contributed by atoms with Gasteiger partial charge in [0.1, 0.15) is 5.51 Å². The fourth-order valence-electron chi connectivity index (χ4n) is 1.08. The minimum Gasteiger partial charge on any atom is -0.299 e. The van der Waals surface area contributed by atoms with Gasteiger partial charge in [0.25, 0.3) is 0 Å². The van der Waals surface area contributed by atoms with Gasteiger partial charge < -0.3 is 0 Å². The summed E-state index contributed by atoms with van der Waals surface area (Å²) in [6, 6.07) is 0. The summed E-state index contributed by atoms with van der Waals surface area (Å²) < 4.78 is -0.175. The van der Waals surface area contributed by atoms with Crippen molar-refractivity contribution in [3.05, 3.63) is 5.51 Å². The number of aromatic nitrogens is 2. The third kappa shape index (κ3) is 1.68. The molecule has 0 saturated heterocycles. The van der Waals surface area contributed by atoms with Crippen LogP contribution in [0.15, 0.2) is 5.51 Å². The van der Waals surface area contributed by atoms with Crippen LogP contribution in [0.25, 0.3) is 0 Å². The molecule has 1 aromatic rings. The summed E-state index contributed by atoms with van der Waals surface area (Å²) >= 11 is 2.95. The summed E-state index contributed by atoms with van der Waals surface area (Å²) in [5.41, 5.74) is 1.61. The second-order valence-electron chi connectivity index (χ2n) is 2.90. The minimum absolute atomic E-state index is 0.0664. The van der Waals surface area contributed by atoms with Crippen LogP contribution in [0.1, 0.15) is 12.8 Å². The molecule has 0 aliphatic heterocycles. The summed E-state index contributed by atoms with van der Waals surface area (Å²) in [7, 11) is 0. The Morgan fingerprint density at radius 1 is 1.77 bits per heavy atom. The summed E-state index contributed by atoms with van der Waals surface area (Å²) in [5, 5.41) is 10.8. The molecular formula is C7H9N3OS2. The van der Waals surface area contributed by atoms with Crippen molar-refractivity contribution in [3.63, 3.8) is 0 Å². The van der Waals surface area contributed by atoms with E-state index in [-0.39, 0.29) is 10.7 Å². The van der Waals surface area contributed by atoms with Crippen molar-refractivity contribution >= 4 is 34.1 Å². The number of hydrogen-bond acceptors (Lipinski definition) is 5. The SMILES string of the molecule is CSC1(C(=O)Nc2nncs2)CC1. The van der Waals surface area contributed by atoms with Crippen LogP contribution in [0.4, 0.5) is 5.13 Å². The molecule has 1 heterocycles. The first-order chi connectivity index (χ1) is 6.27. The quantitative estimate of drug-likeness (QED) is 0.827. The maximum Gasteiger partial charge on any atom is 0.242 e. The number of anilines is 1. The molecule has 1 fully saturated rings. The Labute approximate surface area is 84.1 Å². The van der Waals surface area contributed by atoms with E-state index < -0.39 is 0 Å². The van der Waals surface area contributed by atoms with Crippen LogP contribution in [0.5, 0.6) is 0 Å². The van der Waals surface area contributed by atoms with Gasteiger partial charge in [-0.25, -0.2) is 0 Å². The lowest BCUT2D eigenvalue weighted by atomic mass is 10.4. The Balaban J connectivity index is 2.00. The van der Waals surface area contributed by atoms with Crippen molar-refractivity contribution < 1.29 is 4.79 Å². The second-order valence-corrected chi connectivity index (χ2v) is 4.92. The number of carbonyl (C=O) groups is 1. The highest BCUT2D eigenvalue weighted by Gasteiger charge is 2.49. The van der Waals surface area contributed by atoms with Crippen LogP contribution in [0.3, 0.4) is 0 Å². The van der Waals surface area contributed by atoms with Gasteiger partial charge in [-0.2, -0.15) is 0 Å². The van der Waals surface area contributed by atoms with Crippen molar-refractivity contribution in [2.45, 2.75) is 17.6 Å². The van der Waals surface area contributed by atoms with Crippen LogP contribution in [0, 0.1) is 0 Å². The molecule has 0 aromatic carbocycles. The van der Waals surface area contributed by atoms with Gasteiger partial charge >= 0.3 is 0 Å². The molecule has 2 rings (SSSR count). The predicted octanol–water partition coefficient (Wildman–Crippen LogP) is 1.37. The highest BCUT2D eigenvalue weighted by atomic mass is 32.2. The molecule has 70 valence electrons. The van der Waals surface area contributed by atoms with Gasteiger partial charge in [0, 0.05) is 0 Å². The summed E-state index contributed by atoms with van der Waals surface area (Å²) in [5.74, 6) is 0.0664. The van der Waals surface area contributed by atoms with Gasteiger partial charge in [0.2, 0.25) is 11.0 Å². The number of carbonyl (C=O) groups excluding carboxylic acids is 1. The highest BCUT2D eigenvalue weighted by molar-refractivity contribution is 8.01. The number of nitrogens with zero attached hydrogens (tertiary/aromatic N) is 2. The zero-order valence-corrected chi connectivity index (χ0v) is 8.74. The number of nitrogens with one attached hydrogen (secondary N) is 1. The van der Waals surface area contributed by atoms with Gasteiger partial charge in [-0.3, -0.25) is 10.1 Å². The Morgan fingerprint density at radius 3 is 3.00 bits per heavy atom. The first-order valence-electron chi connectivity index (χ1n) is 3.90. The van der Waals surface area contributed by atoms with E-state index in [1.165, 1.54) is 11.3 Å². The molecule has 0 atom stereocenters. The van der Waals surface area contributed by atoms with E-state index in [0.717, 1.165) is 12.8 Å². The molecular weight excluding hydrogens is 206 g/mol. The van der Waals surface area contributed by atoms with Crippen LogP contribution in [0.2, 0.25) is 0 Å². The molecule has 0 bridgehead atoms. The minimum atomic E-state index is -0.175. The van der Waals surface area contributed by atoms with Crippen molar-refractivity contribution in [3.8, 4) is 0 Å². The predicted molar refractivity (Wildman–Crippen MR) is 54.0 cm³/mol. The molecule has 1 aromatic heterocycles. The Morgan fingerprint density at radius 2 is 2.54 bits per heavy atom. The lowest BCUT2D eigenvalue weighted by Gasteiger charge is -2.09. The van der Waals surface area contributed by atoms with E-state index in [1.807, 2.05) is 6.26 Å². The van der Waals surface area contributed by atoms with Gasteiger partial charge in [-0.1, -0.05) is 11.3 Å². The molecule has 0 spiro atoms. The van der Waals surface area contributed by atoms with Gasteiger partial charge in [-0.05, 0) is 19.1 Å². The molecule has 1 amide bonds. The van der Waals surface area contributed by atoms with Crippen molar-refractivity contribution in [1.29, 1.82) is 0 Å². The van der Waals surface area contributed by atoms with Crippen LogP contribution in [-0.4, -0.2) is 27.1 Å². The van der Waals surface area contributed by atoms with Crippen molar-refractivity contribution in [2.75, 3.05) is 11.6 Å². The summed E-state index contributed by atoms with van der Waals surface area (Å²) in [6.45, 7) is 0. The van der Waals surface area contributed by atoms with Gasteiger partial charge in [0.15, 0.2) is 0 Å². The van der Waals surface area contributed by atoms with Crippen molar-refractivity contribution in [2.24, 2.45) is 0 Å². The molecule has 6 heteroatoms. The second kappa shape index (κ2) is 3.26. The molecule has 13 heavy (non-hydrogen) atoms. The standard InChI is InChI=1S/C7H9N3OS2/c1-12-7(2-3-7)5(11)9-6-10-8-4-13-6/h4H,2-3H2,1H3,(H,9,10,11). The van der Waals surface area contributed by atoms with E-state index in [2.05, 4.69) is 15.5 Å². The van der Waals surface area contributed by atoms with E-state index in [1.54, 1.807) is 17.3 Å². The van der Waals surface area contributed by atoms with Crippen LogP contribution >= 0.6 is 23.1 Å². The topological polar surface area (TPSA) is 54.9 Å². The van der Waals surface area contributed by atoms with E-state index in [0.29, 0.717) is 5.13 Å². The normalized spacial score (nSPS) is 18.2. The molecule has 4 nitrogen and oxygen atoms in total. The smallest absolute Gasteiger partial charge is 0.242 e. The van der Waals surface area contributed by atoms with Crippen LogP contribution in [-0.2, 0) is 4.79 Å². The van der Waals surface area contributed by atoms with Gasteiger partial charge in [0.05, 0.1) is 4.75 Å². The summed E-state index contributed by atoms with van der Waals surface area (Å²) in [4.78, 5) is 11.6. The number of hydrogen-bond donors (Lipinski definition) is 1. The molecule has 0 radical (unpaired) electrons. The number of rotatable bonds is 3. The average Bonchev–Trinajstić information content (AvgIpc) is 2.79. The van der Waals surface area contributed by atoms with Crippen LogP contribution < -0.4 is 5.32 Å². The van der Waals surface area contributed by atoms with E-state index in [4.69, 9.17) is 0 Å². The lowest BCUT2D eigenvalue weighted by molar-refractivity contribution is -0.116. The average molecular weight is 215 g/mol. The highest BCUT2D eigenvalue weighted by Crippen LogP contribution is 2.47. The lowest BCUT2D eigenvalue weighted by Crippen LogP contribution is -2.26. The fraction of sp³-hybridized carbons (Fsp3) is 0.571. The first-order valence-corrected chi connectivity index (χ1v) is 6.00. The monoisotopic (exact) mass is 215 g/mol. The Kier molecular flexibility index (Phi) is 2.25. The number of thioether (sulfide) groups is 1. The molecule has 1 aliphatic carbocycles. The third-order valence-corrected chi connectivity index (χ3v) is 4.07. The fourth-order valence-corrected chi connectivity index (χ4v) is 2.26. The number of amides is 1. The van der Waals surface area contributed by atoms with E-state index in [9.17, 15) is 4.79 Å². The first kappa shape index (κ1) is 8.96. The molecule has 1 saturated carbocycles. The summed E-state index contributed by atoms with van der Waals surface area (Å²) in [6.07, 6.45) is 3.91. The molecule has 1 N–H and O–H groups in total. The van der Waals surface area contributed by atoms with Crippen molar-refractivity contribution in [1.82, 2.24) is 10.2 Å². The third-order valence-electron chi connectivity index (χ3n) is 2.09. The maximum atomic E-state index is 11.6. The van der Waals surface area contributed by atoms with E-state index >= 15 is 0 Å². The zero-order chi connectivity index (χ0) is 9.31. The largest absolute Gasteiger partial charge is 0.299 e. The Bertz CT molecular complexity index is 308. The molecule has 0 unspecified atom stereocenters. The molecule has 1 aliphatic rings. The van der Waals surface area contributed by atoms with Gasteiger partial charge in [-0.15, -0.1) is 22.0 Å². The maximum absolute atomic E-state index is 11.6. The Hall–Kier alpha value is -0.620. The zero-order valence-electron chi connectivity index (χ0n) is 7.11.